The van der Waals surface area contributed by atoms with Gasteiger partial charge in [0.1, 0.15) is 0 Å². The largest absolute Gasteiger partial charge is 0.493 e. The van der Waals surface area contributed by atoms with Gasteiger partial charge in [0.15, 0.2) is 23.9 Å². The van der Waals surface area contributed by atoms with E-state index in [1.165, 1.54) is 0 Å². The van der Waals surface area contributed by atoms with Crippen LogP contribution in [-0.2, 0) is 9.59 Å². The molecule has 0 fully saturated rings. The zero-order chi connectivity index (χ0) is 26.1. The molecule has 190 valence electrons. The van der Waals surface area contributed by atoms with Crippen LogP contribution in [0.25, 0.3) is 16.3 Å². The van der Waals surface area contributed by atoms with E-state index in [-0.39, 0.29) is 24.3 Å². The summed E-state index contributed by atoms with van der Waals surface area (Å²) in [5.74, 6) is 0.888. The summed E-state index contributed by atoms with van der Waals surface area (Å²) >= 11 is 0. The van der Waals surface area contributed by atoms with Crippen LogP contribution >= 0.6 is 0 Å². The summed E-state index contributed by atoms with van der Waals surface area (Å²) in [6.07, 6.45) is 2.27. The number of carbonyl (C=O) groups excluding carboxylic acids is 2. The molecule has 0 spiro atoms. The Morgan fingerprint density at radius 1 is 0.947 bits per heavy atom. The molecule has 1 aliphatic carbocycles. The molecule has 1 amide bonds. The second kappa shape index (κ2) is 10.1. The Balaban J connectivity index is 1.31. The van der Waals surface area contributed by atoms with Crippen molar-refractivity contribution >= 4 is 39.4 Å². The van der Waals surface area contributed by atoms with Gasteiger partial charge in [-0.3, -0.25) is 9.59 Å². The number of hydrogen-bond acceptors (Lipinski definition) is 5. The van der Waals surface area contributed by atoms with Gasteiger partial charge in [-0.1, -0.05) is 54.6 Å². The molecule has 1 aliphatic heterocycles. The molecule has 0 unspecified atom stereocenters. The highest BCUT2D eigenvalue weighted by atomic mass is 16.5. The van der Waals surface area contributed by atoms with Crippen molar-refractivity contribution in [2.75, 3.05) is 24.4 Å². The summed E-state index contributed by atoms with van der Waals surface area (Å²) in [4.78, 5) is 25.7. The van der Waals surface area contributed by atoms with Crippen molar-refractivity contribution in [1.82, 2.24) is 0 Å². The summed E-state index contributed by atoms with van der Waals surface area (Å²) in [6, 6.07) is 27.1. The van der Waals surface area contributed by atoms with Crippen LogP contribution in [0.4, 0.5) is 11.4 Å². The van der Waals surface area contributed by atoms with Crippen molar-refractivity contribution in [3.63, 3.8) is 0 Å². The van der Waals surface area contributed by atoms with E-state index in [0.29, 0.717) is 23.6 Å². The molecule has 0 saturated carbocycles. The molecule has 1 heterocycles. The van der Waals surface area contributed by atoms with E-state index < -0.39 is 0 Å². The molecule has 1 atom stereocenters. The van der Waals surface area contributed by atoms with Crippen molar-refractivity contribution in [2.24, 2.45) is 0 Å². The third kappa shape index (κ3) is 4.39. The van der Waals surface area contributed by atoms with Gasteiger partial charge in [-0.15, -0.1) is 0 Å². The number of ketones is 1. The first-order valence-corrected chi connectivity index (χ1v) is 12.8. The van der Waals surface area contributed by atoms with E-state index in [1.54, 1.807) is 13.2 Å². The SMILES string of the molecule is COc1cc([C@H]2Nc3ccc4ccccc4c3C3=C2C(=O)CCC3)ccc1OCC(=O)Nc1ccccc1. The molecule has 6 heteroatoms. The van der Waals surface area contributed by atoms with E-state index in [0.717, 1.165) is 51.6 Å². The van der Waals surface area contributed by atoms with Gasteiger partial charge in [-0.2, -0.15) is 0 Å². The number of allylic oxidation sites excluding steroid dienone is 1. The summed E-state index contributed by atoms with van der Waals surface area (Å²) in [5.41, 5.74) is 5.75. The van der Waals surface area contributed by atoms with Gasteiger partial charge in [0.05, 0.1) is 13.2 Å². The molecule has 2 aliphatic rings. The summed E-state index contributed by atoms with van der Waals surface area (Å²) < 4.78 is 11.4. The van der Waals surface area contributed by atoms with Crippen LogP contribution in [0.5, 0.6) is 11.5 Å². The summed E-state index contributed by atoms with van der Waals surface area (Å²) in [6.45, 7) is -0.152. The number of amides is 1. The minimum absolute atomic E-state index is 0.152. The van der Waals surface area contributed by atoms with Gasteiger partial charge >= 0.3 is 0 Å². The lowest BCUT2D eigenvalue weighted by molar-refractivity contribution is -0.118. The summed E-state index contributed by atoms with van der Waals surface area (Å²) in [5, 5.41) is 8.78. The maximum Gasteiger partial charge on any atom is 0.262 e. The Bertz CT molecular complexity index is 1580. The highest BCUT2D eigenvalue weighted by Gasteiger charge is 2.35. The van der Waals surface area contributed by atoms with Crippen LogP contribution in [-0.4, -0.2) is 25.4 Å². The zero-order valence-electron chi connectivity index (χ0n) is 21.1. The fraction of sp³-hybridized carbons (Fsp3) is 0.188. The van der Waals surface area contributed by atoms with Gasteiger partial charge in [-0.05, 0) is 65.1 Å². The molecule has 6 rings (SSSR count). The number of rotatable bonds is 6. The van der Waals surface area contributed by atoms with Gasteiger partial charge in [-0.25, -0.2) is 0 Å². The van der Waals surface area contributed by atoms with Gasteiger partial charge in [0.25, 0.3) is 5.91 Å². The Morgan fingerprint density at radius 2 is 1.76 bits per heavy atom. The normalized spacial score (nSPS) is 16.3. The minimum atomic E-state index is -0.296. The van der Waals surface area contributed by atoms with Crippen LogP contribution in [0.2, 0.25) is 0 Å². The Kier molecular flexibility index (Phi) is 6.30. The average molecular weight is 505 g/mol. The van der Waals surface area contributed by atoms with Crippen molar-refractivity contribution < 1.29 is 19.1 Å². The number of carbonyl (C=O) groups is 2. The smallest absolute Gasteiger partial charge is 0.262 e. The van der Waals surface area contributed by atoms with E-state index in [1.807, 2.05) is 54.6 Å². The number of anilines is 2. The molecule has 4 aromatic rings. The quantitative estimate of drug-likeness (QED) is 0.312. The fourth-order valence-electron chi connectivity index (χ4n) is 5.50. The van der Waals surface area contributed by atoms with Crippen molar-refractivity contribution in [2.45, 2.75) is 25.3 Å². The van der Waals surface area contributed by atoms with Crippen molar-refractivity contribution in [3.05, 3.63) is 102 Å². The van der Waals surface area contributed by atoms with Crippen LogP contribution in [0.15, 0.2) is 90.5 Å². The Morgan fingerprint density at radius 3 is 2.61 bits per heavy atom. The molecule has 6 nitrogen and oxygen atoms in total. The van der Waals surface area contributed by atoms with E-state index in [4.69, 9.17) is 9.47 Å². The molecule has 2 N–H and O–H groups in total. The molecule has 0 saturated heterocycles. The number of fused-ring (bicyclic) bond motifs is 4. The molecule has 38 heavy (non-hydrogen) atoms. The topological polar surface area (TPSA) is 76.7 Å². The first kappa shape index (κ1) is 23.8. The lowest BCUT2D eigenvalue weighted by Gasteiger charge is -2.35. The third-order valence-electron chi connectivity index (χ3n) is 7.21. The maximum atomic E-state index is 13.3. The molecule has 0 bridgehead atoms. The summed E-state index contributed by atoms with van der Waals surface area (Å²) in [7, 11) is 1.57. The van der Waals surface area contributed by atoms with Crippen molar-refractivity contribution in [3.8, 4) is 11.5 Å². The number of Topliss-reactive ketones (excluding diaryl/α,β-unsaturated/α-hetero) is 1. The Labute approximate surface area is 221 Å². The van der Waals surface area contributed by atoms with E-state index in [9.17, 15) is 9.59 Å². The van der Waals surface area contributed by atoms with Gasteiger partial charge in [0, 0.05) is 28.9 Å². The van der Waals surface area contributed by atoms with Crippen LogP contribution in [0.3, 0.4) is 0 Å². The first-order valence-electron chi connectivity index (χ1n) is 12.8. The Hall–Kier alpha value is -4.58. The van der Waals surface area contributed by atoms with Crippen LogP contribution in [0, 0.1) is 0 Å². The zero-order valence-corrected chi connectivity index (χ0v) is 21.1. The number of hydrogen-bond donors (Lipinski definition) is 2. The monoisotopic (exact) mass is 504 g/mol. The van der Waals surface area contributed by atoms with Crippen LogP contribution in [0.1, 0.15) is 36.4 Å². The third-order valence-corrected chi connectivity index (χ3v) is 7.21. The molecular weight excluding hydrogens is 476 g/mol. The van der Waals surface area contributed by atoms with E-state index in [2.05, 4.69) is 34.9 Å². The lowest BCUT2D eigenvalue weighted by Crippen LogP contribution is -2.27. The lowest BCUT2D eigenvalue weighted by atomic mass is 9.77. The maximum absolute atomic E-state index is 13.3. The number of para-hydroxylation sites is 1. The number of benzene rings is 4. The molecule has 4 aromatic carbocycles. The van der Waals surface area contributed by atoms with Gasteiger partial charge in [0.2, 0.25) is 0 Å². The second-order valence-corrected chi connectivity index (χ2v) is 9.57. The van der Waals surface area contributed by atoms with E-state index >= 15 is 0 Å². The average Bonchev–Trinajstić information content (AvgIpc) is 2.96. The molecule has 0 aromatic heterocycles. The highest BCUT2D eigenvalue weighted by molar-refractivity contribution is 6.12. The minimum Gasteiger partial charge on any atom is -0.493 e. The fourth-order valence-corrected chi connectivity index (χ4v) is 5.50. The number of ether oxygens (including phenoxy) is 2. The number of methoxy groups -OCH3 is 1. The first-order chi connectivity index (χ1) is 18.6. The predicted molar refractivity (Wildman–Crippen MR) is 150 cm³/mol. The second-order valence-electron chi connectivity index (χ2n) is 9.57. The van der Waals surface area contributed by atoms with Gasteiger partial charge < -0.3 is 20.1 Å². The highest BCUT2D eigenvalue weighted by Crippen LogP contribution is 2.48. The predicted octanol–water partition coefficient (Wildman–Crippen LogP) is 6.54. The number of nitrogens with one attached hydrogen (secondary N) is 2. The standard InChI is InChI=1S/C32H28N2O4/c1-37-28-18-21(15-17-27(28)38-19-29(36)33-22-9-3-2-4-10-22)32-31-24(12-7-13-26(31)35)30-23-11-6-5-8-20(23)14-16-25(30)34-32/h2-6,8-11,14-18,32,34H,7,12-13,19H2,1H3,(H,33,36)/t32-/m1/s1. The molecule has 0 radical (unpaired) electrons. The molecular formula is C32H28N2O4. The van der Waals surface area contributed by atoms with Crippen LogP contribution < -0.4 is 20.1 Å². The van der Waals surface area contributed by atoms with Crippen molar-refractivity contribution in [1.29, 1.82) is 0 Å².